The van der Waals surface area contributed by atoms with E-state index in [-0.39, 0.29) is 72.6 Å². The average molecular weight is 1310 g/mol. The Kier molecular flexibility index (Phi) is 23.7. The lowest BCUT2D eigenvalue weighted by Crippen LogP contribution is -2.49. The van der Waals surface area contributed by atoms with Crippen molar-refractivity contribution >= 4 is 82.8 Å². The van der Waals surface area contributed by atoms with Gasteiger partial charge in [0.2, 0.25) is 15.9 Å². The number of ether oxygens (including phenoxy) is 2. The van der Waals surface area contributed by atoms with Gasteiger partial charge in [-0.3, -0.25) is 9.69 Å². The van der Waals surface area contributed by atoms with E-state index in [0.717, 1.165) is 72.8 Å². The predicted molar refractivity (Wildman–Crippen MR) is 289 cm³/mol. The van der Waals surface area contributed by atoms with E-state index >= 15 is 0 Å². The molecule has 4 heterocycles. The summed E-state index contributed by atoms with van der Waals surface area (Å²) < 4.78 is 147. The maximum Gasteiger partial charge on any atom is 0.473 e. The van der Waals surface area contributed by atoms with Gasteiger partial charge in [0.15, 0.2) is 0 Å². The van der Waals surface area contributed by atoms with E-state index in [1.54, 1.807) is 34.9 Å². The van der Waals surface area contributed by atoms with Gasteiger partial charge in [0, 0.05) is 89.8 Å². The van der Waals surface area contributed by atoms with Gasteiger partial charge in [-0.15, -0.1) is 4.31 Å². The van der Waals surface area contributed by atoms with Crippen LogP contribution in [0.2, 0.25) is 0 Å². The van der Waals surface area contributed by atoms with Crippen LogP contribution in [0.25, 0.3) is 0 Å². The molecule has 1 amide bonds. The number of thioether (sulfide) groups is 2. The number of sulfonamides is 1. The number of hydrogen-bond donors (Lipinski definition) is 3. The van der Waals surface area contributed by atoms with Gasteiger partial charge in [-0.25, -0.2) is 8.42 Å². The number of morpholine rings is 1. The fraction of sp³-hybridized carbons (Fsp3) is 0.380. The standard InChI is InChI=1S/C28H35F3N6O4S.C9H10F3NO2S.C7H4BrF3OS.C6H5BrO/c1-2-25(39)35-9-11-36(12-10-35)26-21-6-8-37(23-18-20(38)4-5-24(23)42-28(29,30)31)19-22(21)32-27(33-26)41-15-3-7-34-13-16-40-17-14-34;1-7-3-5-8(6-4-7)16(14,15)13(2)9(10,11)12;8-5-3-4(12)1-2-6(5)13-7(9,10)11;7-5-2-1-3-6(8)4-5/h2,4-5,18,38H,1,3,6-17,19H2;3-6H,1-2H3;1-3,12H;1-4,8H. The summed E-state index contributed by atoms with van der Waals surface area (Å²) in [6.45, 7) is 12.6. The van der Waals surface area contributed by atoms with Crippen LogP contribution in [-0.4, -0.2) is 150 Å². The highest BCUT2D eigenvalue weighted by Crippen LogP contribution is 2.45. The summed E-state index contributed by atoms with van der Waals surface area (Å²) in [5.41, 5.74) is -6.11. The fourth-order valence-electron chi connectivity index (χ4n) is 7.61. The number of anilines is 2. The van der Waals surface area contributed by atoms with Gasteiger partial charge in [0.25, 0.3) is 0 Å². The molecular formula is C50H54Br2F9N7O8S3. The first kappa shape index (κ1) is 64.6. The molecule has 2 fully saturated rings. The molecule has 0 atom stereocenters. The molecule has 0 bridgehead atoms. The van der Waals surface area contributed by atoms with Gasteiger partial charge in [0.05, 0.1) is 42.6 Å². The molecule has 15 nitrogen and oxygen atoms in total. The second-order valence-electron chi connectivity index (χ2n) is 17.2. The Morgan fingerprint density at radius 3 is 1.94 bits per heavy atom. The van der Waals surface area contributed by atoms with Crippen molar-refractivity contribution in [3.63, 3.8) is 0 Å². The summed E-state index contributed by atoms with van der Waals surface area (Å²) in [4.78, 5) is 29.2. The Balaban J connectivity index is 0.000000250. The van der Waals surface area contributed by atoms with Crippen LogP contribution in [0.4, 0.5) is 51.0 Å². The summed E-state index contributed by atoms with van der Waals surface area (Å²) in [5, 5.41) is 27.8. The molecule has 1 aromatic heterocycles. The number of alkyl halides is 9. The molecule has 4 aromatic carbocycles. The second kappa shape index (κ2) is 29.0. The smallest absolute Gasteiger partial charge is 0.473 e. The highest BCUT2D eigenvalue weighted by Gasteiger charge is 2.43. The lowest BCUT2D eigenvalue weighted by atomic mass is 10.0. The molecule has 29 heteroatoms. The van der Waals surface area contributed by atoms with E-state index < -0.39 is 31.6 Å². The van der Waals surface area contributed by atoms with E-state index in [1.165, 1.54) is 54.6 Å². The fourth-order valence-corrected chi connectivity index (χ4v) is 10.9. The molecule has 0 aliphatic carbocycles. The van der Waals surface area contributed by atoms with Crippen LogP contribution < -0.4 is 14.5 Å². The van der Waals surface area contributed by atoms with Crippen LogP contribution >= 0.6 is 55.4 Å². The summed E-state index contributed by atoms with van der Waals surface area (Å²) in [7, 11) is -4.02. The summed E-state index contributed by atoms with van der Waals surface area (Å²) in [6.07, 6.45) is -2.32. The number of piperazine rings is 1. The molecule has 5 aromatic rings. The summed E-state index contributed by atoms with van der Waals surface area (Å²) >= 11 is 5.70. The number of aryl methyl sites for hydroxylation is 1. The molecule has 3 aliphatic heterocycles. The zero-order chi connectivity index (χ0) is 58.3. The molecule has 3 N–H and O–H groups in total. The molecule has 0 spiro atoms. The normalized spacial score (nSPS) is 15.1. The van der Waals surface area contributed by atoms with Crippen molar-refractivity contribution in [2.24, 2.45) is 0 Å². The van der Waals surface area contributed by atoms with Crippen LogP contribution in [0.5, 0.6) is 23.3 Å². The van der Waals surface area contributed by atoms with Crippen molar-refractivity contribution in [2.75, 3.05) is 89.0 Å². The Bertz CT molecular complexity index is 2920. The van der Waals surface area contributed by atoms with E-state index in [2.05, 4.69) is 48.2 Å². The molecule has 0 saturated carbocycles. The topological polar surface area (TPSA) is 172 Å². The lowest BCUT2D eigenvalue weighted by molar-refractivity contribution is -0.202. The molecular weight excluding hydrogens is 1250 g/mol. The van der Waals surface area contributed by atoms with Gasteiger partial charge in [-0.2, -0.15) is 49.5 Å². The first-order valence-electron chi connectivity index (χ1n) is 23.7. The number of phenols is 3. The van der Waals surface area contributed by atoms with E-state index in [9.17, 15) is 57.8 Å². The van der Waals surface area contributed by atoms with Crippen molar-refractivity contribution in [1.82, 2.24) is 24.1 Å². The molecule has 2 saturated heterocycles. The van der Waals surface area contributed by atoms with Gasteiger partial charge in [-0.05, 0) is 126 Å². The highest BCUT2D eigenvalue weighted by molar-refractivity contribution is 9.10. The molecule has 432 valence electrons. The van der Waals surface area contributed by atoms with Crippen LogP contribution in [0.3, 0.4) is 0 Å². The Labute approximate surface area is 475 Å². The number of amides is 1. The lowest BCUT2D eigenvalue weighted by Gasteiger charge is -2.38. The molecule has 0 radical (unpaired) electrons. The molecule has 0 unspecified atom stereocenters. The average Bonchev–Trinajstić information content (AvgIpc) is 3.39. The summed E-state index contributed by atoms with van der Waals surface area (Å²) in [5.74, 6) is 0.729. The SMILES string of the molecule is C=CC(=O)N1CCN(c2nc(OCCCN3CCOCC3)nc3c2CCN(c2cc(O)ccc2SC(F)(F)F)C3)CC1.Cc1ccc(S(=O)(=O)N(C)C(F)(F)F)cc1.Oc1ccc(SC(F)(F)F)c(Br)c1.Oc1cccc(Br)c1. The van der Waals surface area contributed by atoms with Gasteiger partial charge in [0.1, 0.15) is 23.1 Å². The Hall–Kier alpha value is -5.17. The monoisotopic (exact) mass is 1310 g/mol. The zero-order valence-corrected chi connectivity index (χ0v) is 47.8. The van der Waals surface area contributed by atoms with Gasteiger partial charge >= 0.3 is 23.3 Å². The van der Waals surface area contributed by atoms with Crippen LogP contribution in [0, 0.1) is 6.92 Å². The zero-order valence-electron chi connectivity index (χ0n) is 42.2. The molecule has 79 heavy (non-hydrogen) atoms. The Morgan fingerprint density at radius 2 is 1.38 bits per heavy atom. The third-order valence-electron chi connectivity index (χ3n) is 11.5. The first-order valence-corrected chi connectivity index (χ1v) is 28.3. The maximum absolute atomic E-state index is 13.3. The minimum absolute atomic E-state index is 0.0145. The van der Waals surface area contributed by atoms with Crippen LogP contribution in [-0.2, 0) is 32.5 Å². The number of hydrogen-bond acceptors (Lipinski definition) is 15. The van der Waals surface area contributed by atoms with Crippen molar-refractivity contribution < 1.29 is 77.5 Å². The van der Waals surface area contributed by atoms with Gasteiger partial charge < -0.3 is 39.5 Å². The van der Waals surface area contributed by atoms with Crippen molar-refractivity contribution in [2.45, 2.75) is 58.3 Å². The van der Waals surface area contributed by atoms with Gasteiger partial charge in [-0.1, -0.05) is 46.3 Å². The largest absolute Gasteiger partial charge is 0.508 e. The summed E-state index contributed by atoms with van der Waals surface area (Å²) in [6, 6.07) is 19.8. The first-order chi connectivity index (χ1) is 37.0. The minimum atomic E-state index is -4.91. The van der Waals surface area contributed by atoms with Crippen molar-refractivity contribution in [1.29, 1.82) is 0 Å². The van der Waals surface area contributed by atoms with Crippen molar-refractivity contribution in [3.05, 3.63) is 123 Å². The number of phenolic OH excluding ortho intramolecular Hbond substituents is 3. The van der Waals surface area contributed by atoms with Crippen LogP contribution in [0.1, 0.15) is 23.2 Å². The van der Waals surface area contributed by atoms with Crippen molar-refractivity contribution in [3.8, 4) is 23.3 Å². The van der Waals surface area contributed by atoms with E-state index in [0.29, 0.717) is 69.9 Å². The number of aromatic nitrogens is 2. The number of aromatic hydroxyl groups is 3. The Morgan fingerprint density at radius 1 is 0.785 bits per heavy atom. The van der Waals surface area contributed by atoms with E-state index in [1.807, 2.05) is 6.07 Å². The number of benzene rings is 4. The number of carbonyl (C=O) groups excluding carboxylic acids is 1. The second-order valence-corrected chi connectivity index (χ2v) is 23.1. The number of carbonyl (C=O) groups is 1. The highest BCUT2D eigenvalue weighted by atomic mass is 79.9. The predicted octanol–water partition coefficient (Wildman–Crippen LogP) is 11.3. The molecule has 3 aliphatic rings. The number of nitrogens with zero attached hydrogens (tertiary/aromatic N) is 7. The molecule has 8 rings (SSSR count). The van der Waals surface area contributed by atoms with E-state index in [4.69, 9.17) is 29.7 Å². The quantitative estimate of drug-likeness (QED) is 0.0354. The number of fused-ring (bicyclic) bond motifs is 1. The maximum atomic E-state index is 13.3. The van der Waals surface area contributed by atoms with Crippen LogP contribution in [0.15, 0.2) is 121 Å². The number of halogens is 11. The minimum Gasteiger partial charge on any atom is -0.508 e. The third kappa shape index (κ3) is 20.7. The third-order valence-corrected chi connectivity index (χ3v) is 16.3. The number of rotatable bonds is 12.